The number of carboxylic acids is 1. The Morgan fingerprint density at radius 1 is 1.13 bits per heavy atom. The fourth-order valence-corrected chi connectivity index (χ4v) is 3.23. The number of hydrogen-bond donors (Lipinski definition) is 1. The van der Waals surface area contributed by atoms with E-state index in [1.807, 2.05) is 0 Å². The highest BCUT2D eigenvalue weighted by Gasteiger charge is 2.44. The number of carbonyl (C=O) groups is 4. The van der Waals surface area contributed by atoms with E-state index in [1.165, 1.54) is 19.2 Å². The Kier molecular flexibility index (Phi) is 6.44. The fourth-order valence-electron chi connectivity index (χ4n) is 3.23. The molecule has 1 unspecified atom stereocenters. The largest absolute Gasteiger partial charge is 0.497 e. The summed E-state index contributed by atoms with van der Waals surface area (Å²) in [6.45, 7) is -0.0340. The molecule has 160 valence electrons. The Bertz CT molecular complexity index is 1030. The molecule has 2 aromatic rings. The molecule has 0 aromatic heterocycles. The molecule has 1 fully saturated rings. The van der Waals surface area contributed by atoms with Crippen LogP contribution in [0.1, 0.15) is 12.0 Å². The molecule has 1 aliphatic rings. The van der Waals surface area contributed by atoms with Gasteiger partial charge in [-0.05, 0) is 42.0 Å². The van der Waals surface area contributed by atoms with Crippen LogP contribution in [0, 0.1) is 5.82 Å². The van der Waals surface area contributed by atoms with Crippen LogP contribution in [-0.2, 0) is 25.7 Å². The van der Waals surface area contributed by atoms with Crippen molar-refractivity contribution >= 4 is 29.4 Å². The molecule has 1 atom stereocenters. The maximum atomic E-state index is 13.2. The van der Waals surface area contributed by atoms with E-state index in [2.05, 4.69) is 0 Å². The molecule has 0 bridgehead atoms. The normalized spacial score (nSPS) is 16.1. The molecule has 0 aliphatic carbocycles. The number of carboxylic acid groups (broad SMARTS) is 1. The summed E-state index contributed by atoms with van der Waals surface area (Å²) in [5, 5.41) is 8.83. The van der Waals surface area contributed by atoms with Gasteiger partial charge in [0, 0.05) is 18.7 Å². The van der Waals surface area contributed by atoms with E-state index in [0.717, 1.165) is 28.0 Å². The number of amides is 3. The molecule has 9 heteroatoms. The lowest BCUT2D eigenvalue weighted by Crippen LogP contribution is -2.44. The summed E-state index contributed by atoms with van der Waals surface area (Å²) in [7, 11) is 1.51. The fraction of sp³-hybridized carbons (Fsp3) is 0.182. The van der Waals surface area contributed by atoms with Crippen molar-refractivity contribution in [2.24, 2.45) is 0 Å². The third-order valence-electron chi connectivity index (χ3n) is 4.75. The van der Waals surface area contributed by atoms with Gasteiger partial charge in [-0.15, -0.1) is 0 Å². The van der Waals surface area contributed by atoms with Crippen molar-refractivity contribution in [2.75, 3.05) is 12.0 Å². The lowest BCUT2D eigenvalue weighted by molar-refractivity contribution is -0.135. The number of nitrogens with zero attached hydrogens (tertiary/aromatic N) is 2. The average Bonchev–Trinajstić information content (AvgIpc) is 3.05. The zero-order valence-electron chi connectivity index (χ0n) is 16.5. The second kappa shape index (κ2) is 9.21. The summed E-state index contributed by atoms with van der Waals surface area (Å²) < 4.78 is 18.3. The molecular weight excluding hydrogens is 407 g/mol. The zero-order chi connectivity index (χ0) is 22.5. The number of anilines is 1. The number of aliphatic carboxylic acids is 1. The molecule has 1 saturated heterocycles. The van der Waals surface area contributed by atoms with Crippen LogP contribution in [0.3, 0.4) is 0 Å². The number of hydrogen-bond acceptors (Lipinski definition) is 5. The second-order valence-corrected chi connectivity index (χ2v) is 6.75. The van der Waals surface area contributed by atoms with Crippen molar-refractivity contribution in [3.05, 3.63) is 72.1 Å². The molecule has 1 heterocycles. The summed E-state index contributed by atoms with van der Waals surface area (Å²) in [5.74, 6) is -3.17. The van der Waals surface area contributed by atoms with Crippen molar-refractivity contribution in [1.29, 1.82) is 0 Å². The van der Waals surface area contributed by atoms with Gasteiger partial charge in [-0.25, -0.2) is 14.1 Å². The lowest BCUT2D eigenvalue weighted by atomic mass is 10.1. The first-order valence-corrected chi connectivity index (χ1v) is 9.27. The van der Waals surface area contributed by atoms with Crippen molar-refractivity contribution in [2.45, 2.75) is 19.0 Å². The minimum Gasteiger partial charge on any atom is -0.497 e. The molecule has 0 radical (unpaired) electrons. The van der Waals surface area contributed by atoms with E-state index in [9.17, 15) is 23.6 Å². The van der Waals surface area contributed by atoms with Gasteiger partial charge in [0.15, 0.2) is 0 Å². The molecular formula is C22H19FN2O6. The predicted molar refractivity (Wildman–Crippen MR) is 108 cm³/mol. The third kappa shape index (κ3) is 4.95. The number of methoxy groups -OCH3 is 1. The predicted octanol–water partition coefficient (Wildman–Crippen LogP) is 2.14. The van der Waals surface area contributed by atoms with Crippen LogP contribution in [0.15, 0.2) is 60.7 Å². The van der Waals surface area contributed by atoms with E-state index >= 15 is 0 Å². The maximum absolute atomic E-state index is 13.2. The standard InChI is InChI=1S/C22H19FN2O6/c1-31-17-8-2-14(3-9-17)13-24(19(26)10-11-21(28)29)18-12-20(27)25(22(18)30)16-6-4-15(23)5-7-16/h2-11,18H,12-13H2,1H3,(H,28,29)/b11-10+. The highest BCUT2D eigenvalue weighted by atomic mass is 19.1. The molecule has 1 aliphatic heterocycles. The summed E-state index contributed by atoms with van der Waals surface area (Å²) in [6, 6.07) is 10.5. The van der Waals surface area contributed by atoms with Crippen LogP contribution in [0.2, 0.25) is 0 Å². The number of benzene rings is 2. The average molecular weight is 426 g/mol. The van der Waals surface area contributed by atoms with Crippen molar-refractivity contribution < 1.29 is 33.4 Å². The van der Waals surface area contributed by atoms with Crippen LogP contribution in [0.4, 0.5) is 10.1 Å². The number of carbonyl (C=O) groups excluding carboxylic acids is 3. The van der Waals surface area contributed by atoms with Crippen LogP contribution in [0.25, 0.3) is 0 Å². The first kappa shape index (κ1) is 21.7. The molecule has 3 rings (SSSR count). The number of ether oxygens (including phenoxy) is 1. The van der Waals surface area contributed by atoms with E-state index in [0.29, 0.717) is 17.4 Å². The van der Waals surface area contributed by atoms with Gasteiger partial charge in [-0.3, -0.25) is 14.4 Å². The Morgan fingerprint density at radius 2 is 1.77 bits per heavy atom. The van der Waals surface area contributed by atoms with Gasteiger partial charge in [-0.2, -0.15) is 0 Å². The van der Waals surface area contributed by atoms with Crippen LogP contribution in [-0.4, -0.2) is 46.8 Å². The monoisotopic (exact) mass is 426 g/mol. The molecule has 3 amide bonds. The van der Waals surface area contributed by atoms with Gasteiger partial charge >= 0.3 is 5.97 Å². The SMILES string of the molecule is COc1ccc(CN(C(=O)/C=C/C(=O)O)C2CC(=O)N(c3ccc(F)cc3)C2=O)cc1. The van der Waals surface area contributed by atoms with Gasteiger partial charge in [0.2, 0.25) is 11.8 Å². The summed E-state index contributed by atoms with van der Waals surface area (Å²) in [6.07, 6.45) is 1.23. The van der Waals surface area contributed by atoms with Gasteiger partial charge in [-0.1, -0.05) is 12.1 Å². The number of rotatable bonds is 7. The minimum atomic E-state index is -1.32. The minimum absolute atomic E-state index is 0.0340. The highest BCUT2D eigenvalue weighted by molar-refractivity contribution is 6.23. The molecule has 0 saturated carbocycles. The summed E-state index contributed by atoms with van der Waals surface area (Å²) in [5.41, 5.74) is 0.843. The number of halogens is 1. The van der Waals surface area contributed by atoms with Crippen molar-refractivity contribution in [3.63, 3.8) is 0 Å². The Morgan fingerprint density at radius 3 is 2.35 bits per heavy atom. The summed E-state index contributed by atoms with van der Waals surface area (Å²) in [4.78, 5) is 51.2. The molecule has 0 spiro atoms. The van der Waals surface area contributed by atoms with Gasteiger partial charge < -0.3 is 14.7 Å². The Hall–Kier alpha value is -4.01. The molecule has 2 aromatic carbocycles. The Labute approximate surface area is 177 Å². The van der Waals surface area contributed by atoms with Crippen LogP contribution < -0.4 is 9.64 Å². The topological polar surface area (TPSA) is 104 Å². The lowest BCUT2D eigenvalue weighted by Gasteiger charge is -2.26. The van der Waals surface area contributed by atoms with E-state index in [-0.39, 0.29) is 18.7 Å². The Balaban J connectivity index is 1.91. The van der Waals surface area contributed by atoms with Gasteiger partial charge in [0.05, 0.1) is 19.2 Å². The molecule has 31 heavy (non-hydrogen) atoms. The number of imide groups is 1. The smallest absolute Gasteiger partial charge is 0.328 e. The maximum Gasteiger partial charge on any atom is 0.328 e. The first-order chi connectivity index (χ1) is 14.8. The van der Waals surface area contributed by atoms with Crippen LogP contribution >= 0.6 is 0 Å². The van der Waals surface area contributed by atoms with Gasteiger partial charge in [0.25, 0.3) is 5.91 Å². The van der Waals surface area contributed by atoms with E-state index < -0.39 is 35.5 Å². The van der Waals surface area contributed by atoms with Crippen molar-refractivity contribution in [3.8, 4) is 5.75 Å². The zero-order valence-corrected chi connectivity index (χ0v) is 16.5. The van der Waals surface area contributed by atoms with Crippen LogP contribution in [0.5, 0.6) is 5.75 Å². The summed E-state index contributed by atoms with van der Waals surface area (Å²) >= 11 is 0. The van der Waals surface area contributed by atoms with Gasteiger partial charge in [0.1, 0.15) is 17.6 Å². The highest BCUT2D eigenvalue weighted by Crippen LogP contribution is 2.27. The third-order valence-corrected chi connectivity index (χ3v) is 4.75. The van der Waals surface area contributed by atoms with Crippen molar-refractivity contribution in [1.82, 2.24) is 4.90 Å². The molecule has 1 N–H and O–H groups in total. The quantitative estimate of drug-likeness (QED) is 0.537. The molecule has 8 nitrogen and oxygen atoms in total. The first-order valence-electron chi connectivity index (χ1n) is 9.27. The second-order valence-electron chi connectivity index (χ2n) is 6.75. The van der Waals surface area contributed by atoms with E-state index in [1.54, 1.807) is 24.3 Å². The van der Waals surface area contributed by atoms with E-state index in [4.69, 9.17) is 9.84 Å².